The van der Waals surface area contributed by atoms with Crippen molar-refractivity contribution in [3.8, 4) is 11.3 Å². The number of rotatable bonds is 4. The van der Waals surface area contributed by atoms with Crippen LogP contribution in [0.15, 0.2) is 59.1 Å². The summed E-state index contributed by atoms with van der Waals surface area (Å²) < 4.78 is 6.40. The molecule has 7 heteroatoms. The first-order chi connectivity index (χ1) is 15.1. The lowest BCUT2D eigenvalue weighted by Crippen LogP contribution is -2.40. The van der Waals surface area contributed by atoms with Gasteiger partial charge in [0, 0.05) is 22.8 Å². The average molecular weight is 472 g/mol. The number of halogens is 2. The first kappa shape index (κ1) is 20.8. The van der Waals surface area contributed by atoms with Crippen molar-refractivity contribution >= 4 is 40.5 Å². The molecule has 2 aliphatic rings. The zero-order chi connectivity index (χ0) is 21.4. The summed E-state index contributed by atoms with van der Waals surface area (Å²) >= 11 is 18.3. The second-order valence-corrected chi connectivity index (χ2v) is 9.38. The molecule has 1 N–H and O–H groups in total. The highest BCUT2D eigenvalue weighted by atomic mass is 35.5. The maximum atomic E-state index is 6.43. The fourth-order valence-corrected chi connectivity index (χ4v) is 5.66. The summed E-state index contributed by atoms with van der Waals surface area (Å²) in [6.45, 7) is 0. The van der Waals surface area contributed by atoms with Crippen molar-refractivity contribution in [2.24, 2.45) is 0 Å². The van der Waals surface area contributed by atoms with Gasteiger partial charge in [-0.15, -0.1) is 0 Å². The van der Waals surface area contributed by atoms with Crippen LogP contribution in [0.4, 0.5) is 0 Å². The lowest BCUT2D eigenvalue weighted by atomic mass is 9.92. The van der Waals surface area contributed by atoms with E-state index in [1.807, 2.05) is 48.7 Å². The molecule has 1 aliphatic heterocycles. The molecule has 3 heterocycles. The predicted molar refractivity (Wildman–Crippen MR) is 128 cm³/mol. The Hall–Kier alpha value is -2.08. The topological polar surface area (TPSA) is 41.3 Å². The van der Waals surface area contributed by atoms with Crippen LogP contribution < -0.4 is 5.32 Å². The van der Waals surface area contributed by atoms with Gasteiger partial charge < -0.3 is 14.6 Å². The highest BCUT2D eigenvalue weighted by Gasteiger charge is 2.44. The van der Waals surface area contributed by atoms with Crippen molar-refractivity contribution in [2.75, 3.05) is 0 Å². The van der Waals surface area contributed by atoms with E-state index in [1.54, 1.807) is 6.07 Å². The minimum Gasteiger partial charge on any atom is -0.459 e. The fraction of sp³-hybridized carbons (Fsp3) is 0.333. The summed E-state index contributed by atoms with van der Waals surface area (Å²) in [6.07, 6.45) is 7.86. The van der Waals surface area contributed by atoms with E-state index in [2.05, 4.69) is 15.2 Å². The zero-order valence-electron chi connectivity index (χ0n) is 16.9. The molecule has 2 fully saturated rings. The van der Waals surface area contributed by atoms with Gasteiger partial charge in [-0.05, 0) is 67.5 Å². The van der Waals surface area contributed by atoms with E-state index in [0.717, 1.165) is 40.7 Å². The Bertz CT molecular complexity index is 1080. The van der Waals surface area contributed by atoms with Crippen molar-refractivity contribution in [3.63, 3.8) is 0 Å². The molecule has 31 heavy (non-hydrogen) atoms. The number of hydrogen-bond donors (Lipinski definition) is 1. The SMILES string of the molecule is S=C1NC(c2ccccn2)C(c2ccc(-c3ccc(Cl)cc3Cl)o2)N1C1CCCCC1. The predicted octanol–water partition coefficient (Wildman–Crippen LogP) is 6.95. The molecule has 160 valence electrons. The Morgan fingerprint density at radius 3 is 2.61 bits per heavy atom. The van der Waals surface area contributed by atoms with Crippen molar-refractivity contribution in [1.82, 2.24) is 15.2 Å². The third-order valence-electron chi connectivity index (χ3n) is 6.22. The normalized spacial score (nSPS) is 22.0. The molecule has 0 bridgehead atoms. The van der Waals surface area contributed by atoms with Gasteiger partial charge in [-0.2, -0.15) is 0 Å². The van der Waals surface area contributed by atoms with Gasteiger partial charge in [-0.3, -0.25) is 4.98 Å². The van der Waals surface area contributed by atoms with Crippen LogP contribution in [0.1, 0.15) is 55.6 Å². The number of aromatic nitrogens is 1. The molecular formula is C24H23Cl2N3OS. The summed E-state index contributed by atoms with van der Waals surface area (Å²) in [5.41, 5.74) is 1.78. The number of nitrogens with one attached hydrogen (secondary N) is 1. The fourth-order valence-electron chi connectivity index (χ4n) is 4.77. The standard InChI is InChI=1S/C24H23Cl2N3OS/c25-15-9-10-17(18(26)14-15)20-11-12-21(30-20)23-22(19-8-4-5-13-27-19)28-24(31)29(23)16-6-2-1-3-7-16/h4-5,8-14,16,22-23H,1-3,6-7H2,(H,28,31). The van der Waals surface area contributed by atoms with Gasteiger partial charge in [0.1, 0.15) is 17.6 Å². The largest absolute Gasteiger partial charge is 0.459 e. The van der Waals surface area contributed by atoms with E-state index in [4.69, 9.17) is 39.8 Å². The molecule has 2 unspecified atom stereocenters. The van der Waals surface area contributed by atoms with Gasteiger partial charge in [0.2, 0.25) is 0 Å². The zero-order valence-corrected chi connectivity index (χ0v) is 19.3. The lowest BCUT2D eigenvalue weighted by Gasteiger charge is -2.36. The molecule has 4 nitrogen and oxygen atoms in total. The van der Waals surface area contributed by atoms with E-state index in [0.29, 0.717) is 16.1 Å². The Balaban J connectivity index is 1.55. The van der Waals surface area contributed by atoms with Gasteiger partial charge in [-0.25, -0.2) is 0 Å². The third kappa shape index (κ3) is 4.07. The number of benzene rings is 1. The minimum absolute atomic E-state index is 0.0645. The molecule has 2 atom stereocenters. The minimum atomic E-state index is -0.0738. The molecule has 0 radical (unpaired) electrons. The quantitative estimate of drug-likeness (QED) is 0.416. The van der Waals surface area contributed by atoms with Crippen molar-refractivity contribution in [3.05, 3.63) is 76.2 Å². The highest BCUT2D eigenvalue weighted by molar-refractivity contribution is 7.80. The van der Waals surface area contributed by atoms with Crippen LogP contribution in [0.25, 0.3) is 11.3 Å². The van der Waals surface area contributed by atoms with Crippen LogP contribution in [-0.4, -0.2) is 21.0 Å². The van der Waals surface area contributed by atoms with Gasteiger partial charge >= 0.3 is 0 Å². The van der Waals surface area contributed by atoms with Gasteiger partial charge in [-0.1, -0.05) is 48.5 Å². The maximum Gasteiger partial charge on any atom is 0.170 e. The van der Waals surface area contributed by atoms with Gasteiger partial charge in [0.25, 0.3) is 0 Å². The van der Waals surface area contributed by atoms with E-state index in [9.17, 15) is 0 Å². The van der Waals surface area contributed by atoms with E-state index < -0.39 is 0 Å². The first-order valence-corrected chi connectivity index (χ1v) is 11.8. The van der Waals surface area contributed by atoms with E-state index in [-0.39, 0.29) is 12.1 Å². The van der Waals surface area contributed by atoms with Crippen molar-refractivity contribution < 1.29 is 4.42 Å². The summed E-state index contributed by atoms with van der Waals surface area (Å²) in [5.74, 6) is 1.58. The molecule has 3 aromatic rings. The molecule has 2 aromatic heterocycles. The Kier molecular flexibility index (Phi) is 5.91. The average Bonchev–Trinajstić information content (AvgIpc) is 3.39. The number of thiocarbonyl (C=S) groups is 1. The maximum absolute atomic E-state index is 6.43. The Morgan fingerprint density at radius 2 is 1.87 bits per heavy atom. The van der Waals surface area contributed by atoms with Crippen LogP contribution in [0.2, 0.25) is 10.0 Å². The van der Waals surface area contributed by atoms with Crippen LogP contribution in [0.5, 0.6) is 0 Å². The number of hydrogen-bond acceptors (Lipinski definition) is 3. The smallest absolute Gasteiger partial charge is 0.170 e. The van der Waals surface area contributed by atoms with E-state index >= 15 is 0 Å². The summed E-state index contributed by atoms with van der Waals surface area (Å²) in [7, 11) is 0. The molecule has 0 spiro atoms. The summed E-state index contributed by atoms with van der Waals surface area (Å²) in [6, 6.07) is 15.7. The molecule has 1 saturated carbocycles. The van der Waals surface area contributed by atoms with Crippen LogP contribution in [-0.2, 0) is 0 Å². The van der Waals surface area contributed by atoms with Crippen molar-refractivity contribution in [2.45, 2.75) is 50.2 Å². The summed E-state index contributed by atoms with van der Waals surface area (Å²) in [5, 5.41) is 5.47. The molecule has 5 rings (SSSR count). The Labute approximate surface area is 197 Å². The molecule has 0 amide bonds. The van der Waals surface area contributed by atoms with Gasteiger partial charge in [0.05, 0.1) is 16.8 Å². The second kappa shape index (κ2) is 8.81. The van der Waals surface area contributed by atoms with Crippen molar-refractivity contribution in [1.29, 1.82) is 0 Å². The van der Waals surface area contributed by atoms with Crippen LogP contribution in [0.3, 0.4) is 0 Å². The van der Waals surface area contributed by atoms with Crippen LogP contribution >= 0.6 is 35.4 Å². The lowest BCUT2D eigenvalue weighted by molar-refractivity contribution is 0.179. The number of nitrogens with zero attached hydrogens (tertiary/aromatic N) is 2. The first-order valence-electron chi connectivity index (χ1n) is 10.7. The van der Waals surface area contributed by atoms with Gasteiger partial charge in [0.15, 0.2) is 5.11 Å². The molecule has 1 aliphatic carbocycles. The number of pyridine rings is 1. The number of furan rings is 1. The van der Waals surface area contributed by atoms with E-state index in [1.165, 1.54) is 19.3 Å². The highest BCUT2D eigenvalue weighted by Crippen LogP contribution is 2.44. The third-order valence-corrected chi connectivity index (χ3v) is 7.09. The monoisotopic (exact) mass is 471 g/mol. The molecule has 1 aromatic carbocycles. The molecular weight excluding hydrogens is 449 g/mol. The summed E-state index contributed by atoms with van der Waals surface area (Å²) in [4.78, 5) is 6.96. The van der Waals surface area contributed by atoms with Crippen LogP contribution in [0, 0.1) is 0 Å². The molecule has 1 saturated heterocycles. The Morgan fingerprint density at radius 1 is 1.03 bits per heavy atom. The second-order valence-electron chi connectivity index (χ2n) is 8.15.